The summed E-state index contributed by atoms with van der Waals surface area (Å²) < 4.78 is 10.6. The Morgan fingerprint density at radius 1 is 1.21 bits per heavy atom. The third-order valence-electron chi connectivity index (χ3n) is 3.58. The minimum absolute atomic E-state index is 0.508. The van der Waals surface area contributed by atoms with Crippen LogP contribution in [0.2, 0.25) is 0 Å². The monoisotopic (exact) mass is 276 g/mol. The Labute approximate surface area is 116 Å². The summed E-state index contributed by atoms with van der Waals surface area (Å²) in [5.41, 5.74) is 2.07. The van der Waals surface area contributed by atoms with Crippen molar-refractivity contribution in [3.05, 3.63) is 46.1 Å². The fourth-order valence-corrected chi connectivity index (χ4v) is 3.73. The first-order valence-electron chi connectivity index (χ1n) is 6.24. The highest BCUT2D eigenvalue weighted by Gasteiger charge is 2.29. The van der Waals surface area contributed by atoms with Crippen molar-refractivity contribution in [1.82, 2.24) is 0 Å². The van der Waals surface area contributed by atoms with Crippen LogP contribution in [0, 0.1) is 0 Å². The zero-order chi connectivity index (χ0) is 13.4. The topological polar surface area (TPSA) is 38.7 Å². The molecule has 0 saturated carbocycles. The first-order valence-corrected chi connectivity index (χ1v) is 7.06. The normalized spacial score (nSPS) is 21.4. The van der Waals surface area contributed by atoms with E-state index < -0.39 is 6.10 Å². The Morgan fingerprint density at radius 3 is 2.79 bits per heavy atom. The van der Waals surface area contributed by atoms with Gasteiger partial charge in [-0.1, -0.05) is 17.8 Å². The number of fused-ring (bicyclic) bond motifs is 1. The number of aliphatic hydroxyl groups is 1. The molecule has 0 radical (unpaired) electrons. The fourth-order valence-electron chi connectivity index (χ4n) is 2.48. The molecule has 1 unspecified atom stereocenters. The molecular formula is C15H16O3S. The molecule has 3 rings (SSSR count). The van der Waals surface area contributed by atoms with Gasteiger partial charge in [0.2, 0.25) is 0 Å². The quantitative estimate of drug-likeness (QED) is 0.898. The number of benzene rings is 1. The van der Waals surface area contributed by atoms with Crippen LogP contribution in [0.1, 0.15) is 24.5 Å². The summed E-state index contributed by atoms with van der Waals surface area (Å²) >= 11 is 1.68. The molecule has 1 aromatic rings. The Bertz CT molecular complexity index is 575. The molecule has 1 aliphatic carbocycles. The summed E-state index contributed by atoms with van der Waals surface area (Å²) in [4.78, 5) is 2.16. The predicted molar refractivity (Wildman–Crippen MR) is 75.2 cm³/mol. The second-order valence-electron chi connectivity index (χ2n) is 4.61. The number of hydrogen-bond acceptors (Lipinski definition) is 4. The number of allylic oxidation sites excluding steroid dienone is 2. The molecule has 0 aromatic heterocycles. The van der Waals surface area contributed by atoms with Gasteiger partial charge in [0.15, 0.2) is 0 Å². The van der Waals surface area contributed by atoms with Gasteiger partial charge in [0.05, 0.1) is 20.0 Å². The molecule has 0 fully saturated rings. The molecule has 1 aliphatic heterocycles. The van der Waals surface area contributed by atoms with Crippen molar-refractivity contribution >= 4 is 11.8 Å². The first-order chi connectivity index (χ1) is 9.22. The number of ether oxygens (including phenoxy) is 2. The number of methoxy groups -OCH3 is 2. The summed E-state index contributed by atoms with van der Waals surface area (Å²) in [7, 11) is 3.35. The van der Waals surface area contributed by atoms with Crippen molar-refractivity contribution in [1.29, 1.82) is 0 Å². The van der Waals surface area contributed by atoms with Crippen LogP contribution >= 0.6 is 11.8 Å². The van der Waals surface area contributed by atoms with E-state index in [9.17, 15) is 5.11 Å². The number of rotatable bonds is 2. The molecule has 19 heavy (non-hydrogen) atoms. The van der Waals surface area contributed by atoms with Gasteiger partial charge in [-0.05, 0) is 35.8 Å². The van der Waals surface area contributed by atoms with Gasteiger partial charge in [0, 0.05) is 16.2 Å². The van der Waals surface area contributed by atoms with Crippen LogP contribution < -0.4 is 4.74 Å². The summed E-state index contributed by atoms with van der Waals surface area (Å²) in [5.74, 6) is 1.79. The highest BCUT2D eigenvalue weighted by atomic mass is 32.2. The average molecular weight is 276 g/mol. The molecule has 4 heteroatoms. The van der Waals surface area contributed by atoms with Gasteiger partial charge in [-0.3, -0.25) is 0 Å². The molecule has 0 bridgehead atoms. The van der Waals surface area contributed by atoms with E-state index in [4.69, 9.17) is 9.47 Å². The van der Waals surface area contributed by atoms with E-state index in [1.165, 1.54) is 0 Å². The van der Waals surface area contributed by atoms with Crippen LogP contribution in [0.15, 0.2) is 45.4 Å². The Hall–Kier alpha value is -1.39. The van der Waals surface area contributed by atoms with Crippen LogP contribution in [0.3, 0.4) is 0 Å². The zero-order valence-electron chi connectivity index (χ0n) is 11.0. The van der Waals surface area contributed by atoms with Crippen LogP contribution in [0.4, 0.5) is 0 Å². The van der Waals surface area contributed by atoms with E-state index in [1.54, 1.807) is 26.0 Å². The van der Waals surface area contributed by atoms with Gasteiger partial charge in [0.1, 0.15) is 11.9 Å². The highest BCUT2D eigenvalue weighted by molar-refractivity contribution is 8.03. The van der Waals surface area contributed by atoms with Gasteiger partial charge >= 0.3 is 0 Å². The van der Waals surface area contributed by atoms with Crippen LogP contribution in [-0.2, 0) is 4.74 Å². The van der Waals surface area contributed by atoms with Crippen molar-refractivity contribution in [2.24, 2.45) is 0 Å². The lowest BCUT2D eigenvalue weighted by atomic mass is 9.93. The van der Waals surface area contributed by atoms with E-state index in [-0.39, 0.29) is 0 Å². The molecule has 0 spiro atoms. The fraction of sp³-hybridized carbons (Fsp3) is 0.333. The number of hydrogen-bond donors (Lipinski definition) is 1. The molecule has 1 N–H and O–H groups in total. The van der Waals surface area contributed by atoms with Gasteiger partial charge < -0.3 is 14.6 Å². The summed E-state index contributed by atoms with van der Waals surface area (Å²) in [6.07, 6.45) is 3.24. The van der Waals surface area contributed by atoms with E-state index in [1.807, 2.05) is 24.3 Å². The zero-order valence-corrected chi connectivity index (χ0v) is 11.8. The largest absolute Gasteiger partial charge is 0.501 e. The maximum absolute atomic E-state index is 10.5. The van der Waals surface area contributed by atoms with Crippen LogP contribution in [0.5, 0.6) is 5.75 Å². The van der Waals surface area contributed by atoms with Gasteiger partial charge in [0.25, 0.3) is 0 Å². The lowest BCUT2D eigenvalue weighted by Crippen LogP contribution is -2.12. The molecule has 3 nitrogen and oxygen atoms in total. The van der Waals surface area contributed by atoms with Gasteiger partial charge in [-0.25, -0.2) is 0 Å². The SMILES string of the molecule is COC1=CC2=C(CC1)C(O)c1ccc(OC)cc1S2. The third-order valence-corrected chi connectivity index (χ3v) is 4.75. The van der Waals surface area contributed by atoms with Gasteiger partial charge in [-0.2, -0.15) is 0 Å². The van der Waals surface area contributed by atoms with Crippen molar-refractivity contribution in [3.8, 4) is 5.75 Å². The Kier molecular flexibility index (Phi) is 3.29. The smallest absolute Gasteiger partial charge is 0.120 e. The molecule has 0 amide bonds. The Morgan fingerprint density at radius 2 is 2.05 bits per heavy atom. The lowest BCUT2D eigenvalue weighted by Gasteiger charge is -2.29. The second-order valence-corrected chi connectivity index (χ2v) is 5.70. The van der Waals surface area contributed by atoms with E-state index >= 15 is 0 Å². The second kappa shape index (κ2) is 4.94. The van der Waals surface area contributed by atoms with E-state index in [0.29, 0.717) is 0 Å². The summed E-state index contributed by atoms with van der Waals surface area (Å²) in [6.45, 7) is 0. The van der Waals surface area contributed by atoms with Crippen molar-refractivity contribution < 1.29 is 14.6 Å². The van der Waals surface area contributed by atoms with Crippen molar-refractivity contribution in [2.75, 3.05) is 14.2 Å². The molecule has 1 heterocycles. The minimum atomic E-state index is -0.508. The van der Waals surface area contributed by atoms with E-state index in [0.717, 1.165) is 45.3 Å². The maximum atomic E-state index is 10.5. The third kappa shape index (κ3) is 2.15. The molecule has 0 saturated heterocycles. The molecular weight excluding hydrogens is 260 g/mol. The molecule has 1 aromatic carbocycles. The summed E-state index contributed by atoms with van der Waals surface area (Å²) in [6, 6.07) is 5.82. The number of thioether (sulfide) groups is 1. The first kappa shape index (κ1) is 12.6. The molecule has 100 valence electrons. The van der Waals surface area contributed by atoms with Crippen molar-refractivity contribution in [3.63, 3.8) is 0 Å². The van der Waals surface area contributed by atoms with Crippen LogP contribution in [0.25, 0.3) is 0 Å². The minimum Gasteiger partial charge on any atom is -0.501 e. The van der Waals surface area contributed by atoms with E-state index in [2.05, 4.69) is 0 Å². The Balaban J connectivity index is 2.02. The average Bonchev–Trinajstić information content (AvgIpc) is 2.46. The predicted octanol–water partition coefficient (Wildman–Crippen LogP) is 3.41. The number of aliphatic hydroxyl groups excluding tert-OH is 1. The van der Waals surface area contributed by atoms with Crippen molar-refractivity contribution in [2.45, 2.75) is 23.8 Å². The maximum Gasteiger partial charge on any atom is 0.120 e. The highest BCUT2D eigenvalue weighted by Crippen LogP contribution is 2.49. The molecule has 1 atom stereocenters. The van der Waals surface area contributed by atoms with Crippen LogP contribution in [-0.4, -0.2) is 19.3 Å². The van der Waals surface area contributed by atoms with Gasteiger partial charge in [-0.15, -0.1) is 0 Å². The molecule has 2 aliphatic rings. The summed E-state index contributed by atoms with van der Waals surface area (Å²) in [5, 5.41) is 10.5. The standard InChI is InChI=1S/C15H16O3S/c1-17-9-3-5-11-13(7-9)19-14-8-10(18-2)4-6-12(14)15(11)16/h3,5,7-8,15-16H,4,6H2,1-2H3. The lowest BCUT2D eigenvalue weighted by molar-refractivity contribution is 0.202.